The maximum Gasteiger partial charge on any atom is 0.331 e. The molecular weight excluding hydrogens is 394 g/mol. The SMILES string of the molecule is COc1ccccc1C(=O)NC(=O)COC(=O)/C=C/c1ccc(Br)o1. The van der Waals surface area contributed by atoms with Crippen LogP contribution in [0, 0.1) is 0 Å². The van der Waals surface area contributed by atoms with Gasteiger partial charge in [0.15, 0.2) is 11.3 Å². The molecule has 0 spiro atoms. The van der Waals surface area contributed by atoms with Crippen LogP contribution in [-0.2, 0) is 14.3 Å². The van der Waals surface area contributed by atoms with E-state index >= 15 is 0 Å². The number of hydrogen-bond acceptors (Lipinski definition) is 6. The third-order valence-electron chi connectivity index (χ3n) is 2.93. The van der Waals surface area contributed by atoms with Crippen molar-refractivity contribution in [1.29, 1.82) is 0 Å². The number of methoxy groups -OCH3 is 1. The fourth-order valence-corrected chi connectivity index (χ4v) is 2.13. The minimum absolute atomic E-state index is 0.202. The summed E-state index contributed by atoms with van der Waals surface area (Å²) in [4.78, 5) is 35.3. The monoisotopic (exact) mass is 407 g/mol. The summed E-state index contributed by atoms with van der Waals surface area (Å²) in [5, 5.41) is 2.12. The molecule has 0 fully saturated rings. The number of esters is 1. The van der Waals surface area contributed by atoms with E-state index in [1.54, 1.807) is 30.3 Å². The van der Waals surface area contributed by atoms with Gasteiger partial charge in [0.2, 0.25) is 0 Å². The zero-order valence-electron chi connectivity index (χ0n) is 13.2. The van der Waals surface area contributed by atoms with Gasteiger partial charge in [0.1, 0.15) is 11.5 Å². The summed E-state index contributed by atoms with van der Waals surface area (Å²) in [5.74, 6) is -1.36. The summed E-state index contributed by atoms with van der Waals surface area (Å²) in [6.45, 7) is -0.591. The number of carbonyl (C=O) groups is 3. The molecule has 0 atom stereocenters. The molecule has 0 bridgehead atoms. The van der Waals surface area contributed by atoms with Gasteiger partial charge in [-0.2, -0.15) is 0 Å². The lowest BCUT2D eigenvalue weighted by Crippen LogP contribution is -2.34. The molecule has 0 radical (unpaired) electrons. The molecule has 1 N–H and O–H groups in total. The Balaban J connectivity index is 1.82. The van der Waals surface area contributed by atoms with E-state index in [4.69, 9.17) is 13.9 Å². The number of benzene rings is 1. The molecule has 0 aliphatic heterocycles. The molecule has 0 aliphatic carbocycles. The average molecular weight is 408 g/mol. The lowest BCUT2D eigenvalue weighted by Gasteiger charge is -2.08. The Kier molecular flexibility index (Phi) is 6.53. The highest BCUT2D eigenvalue weighted by Crippen LogP contribution is 2.17. The fourth-order valence-electron chi connectivity index (χ4n) is 1.82. The molecule has 7 nitrogen and oxygen atoms in total. The van der Waals surface area contributed by atoms with E-state index in [-0.39, 0.29) is 5.56 Å². The second kappa shape index (κ2) is 8.84. The number of halogens is 1. The van der Waals surface area contributed by atoms with Crippen LogP contribution in [0.5, 0.6) is 5.75 Å². The lowest BCUT2D eigenvalue weighted by molar-refractivity contribution is -0.143. The van der Waals surface area contributed by atoms with E-state index in [9.17, 15) is 14.4 Å². The van der Waals surface area contributed by atoms with Crippen molar-refractivity contribution in [3.8, 4) is 5.75 Å². The van der Waals surface area contributed by atoms with Crippen LogP contribution in [0.2, 0.25) is 0 Å². The van der Waals surface area contributed by atoms with E-state index in [2.05, 4.69) is 21.2 Å². The first-order valence-electron chi connectivity index (χ1n) is 7.07. The van der Waals surface area contributed by atoms with Crippen LogP contribution in [0.3, 0.4) is 0 Å². The van der Waals surface area contributed by atoms with Crippen molar-refractivity contribution in [3.63, 3.8) is 0 Å². The molecule has 1 aromatic heterocycles. The summed E-state index contributed by atoms with van der Waals surface area (Å²) in [6, 6.07) is 9.76. The van der Waals surface area contributed by atoms with Crippen LogP contribution in [-0.4, -0.2) is 31.5 Å². The average Bonchev–Trinajstić information content (AvgIpc) is 3.03. The summed E-state index contributed by atoms with van der Waals surface area (Å²) >= 11 is 3.13. The predicted octanol–water partition coefficient (Wildman–Crippen LogP) is 2.56. The Bertz CT molecular complexity index is 811. The van der Waals surface area contributed by atoms with Crippen LogP contribution in [0.25, 0.3) is 6.08 Å². The quantitative estimate of drug-likeness (QED) is 0.583. The minimum atomic E-state index is -0.751. The van der Waals surface area contributed by atoms with E-state index in [0.29, 0.717) is 16.2 Å². The second-order valence-electron chi connectivity index (χ2n) is 4.66. The van der Waals surface area contributed by atoms with Crippen molar-refractivity contribution in [2.45, 2.75) is 0 Å². The fraction of sp³-hybridized carbons (Fsp3) is 0.118. The highest BCUT2D eigenvalue weighted by Gasteiger charge is 2.15. The minimum Gasteiger partial charge on any atom is -0.496 e. The Hall–Kier alpha value is -2.87. The number of nitrogens with one attached hydrogen (secondary N) is 1. The van der Waals surface area contributed by atoms with Gasteiger partial charge in [-0.1, -0.05) is 12.1 Å². The first-order valence-corrected chi connectivity index (χ1v) is 7.86. The molecule has 1 aromatic carbocycles. The van der Waals surface area contributed by atoms with Gasteiger partial charge in [0, 0.05) is 6.08 Å². The molecule has 2 rings (SSSR count). The summed E-state index contributed by atoms with van der Waals surface area (Å²) in [6.07, 6.45) is 2.51. The van der Waals surface area contributed by atoms with E-state index in [0.717, 1.165) is 6.08 Å². The number of rotatable bonds is 6. The van der Waals surface area contributed by atoms with Gasteiger partial charge < -0.3 is 13.9 Å². The highest BCUT2D eigenvalue weighted by molar-refractivity contribution is 9.10. The van der Waals surface area contributed by atoms with Crippen molar-refractivity contribution in [1.82, 2.24) is 5.32 Å². The van der Waals surface area contributed by atoms with Crippen LogP contribution < -0.4 is 10.1 Å². The molecule has 8 heteroatoms. The second-order valence-corrected chi connectivity index (χ2v) is 5.44. The Morgan fingerprint density at radius 3 is 2.64 bits per heavy atom. The molecule has 25 heavy (non-hydrogen) atoms. The number of para-hydroxylation sites is 1. The first-order chi connectivity index (χ1) is 12.0. The highest BCUT2D eigenvalue weighted by atomic mass is 79.9. The summed E-state index contributed by atoms with van der Waals surface area (Å²) in [7, 11) is 1.42. The van der Waals surface area contributed by atoms with Gasteiger partial charge in [0.25, 0.3) is 11.8 Å². The van der Waals surface area contributed by atoms with Crippen LogP contribution in [0.1, 0.15) is 16.1 Å². The Morgan fingerprint density at radius 1 is 1.20 bits per heavy atom. The van der Waals surface area contributed by atoms with Gasteiger partial charge in [-0.3, -0.25) is 14.9 Å². The number of hydrogen-bond donors (Lipinski definition) is 1. The van der Waals surface area contributed by atoms with Gasteiger partial charge in [0.05, 0.1) is 12.7 Å². The van der Waals surface area contributed by atoms with Crippen molar-refractivity contribution in [2.24, 2.45) is 0 Å². The number of carbonyl (C=O) groups excluding carboxylic acids is 3. The molecule has 0 unspecified atom stereocenters. The molecular formula is C17H14BrNO6. The standard InChI is InChI=1S/C17H14BrNO6/c1-23-13-5-3-2-4-12(13)17(22)19-15(20)10-24-16(21)9-7-11-6-8-14(18)25-11/h2-9H,10H2,1H3,(H,19,20,22)/b9-7+. The molecule has 0 aliphatic rings. The van der Waals surface area contributed by atoms with Gasteiger partial charge in [-0.05, 0) is 46.3 Å². The van der Waals surface area contributed by atoms with E-state index < -0.39 is 24.4 Å². The number of furan rings is 1. The third-order valence-corrected chi connectivity index (χ3v) is 3.35. The summed E-state index contributed by atoms with van der Waals surface area (Å²) in [5.41, 5.74) is 0.202. The predicted molar refractivity (Wildman–Crippen MR) is 91.9 cm³/mol. The largest absolute Gasteiger partial charge is 0.496 e. The lowest BCUT2D eigenvalue weighted by atomic mass is 10.2. The van der Waals surface area contributed by atoms with Crippen molar-refractivity contribution < 1.29 is 28.3 Å². The van der Waals surface area contributed by atoms with Crippen molar-refractivity contribution >= 4 is 39.8 Å². The molecule has 1 heterocycles. The molecule has 2 aromatic rings. The topological polar surface area (TPSA) is 94.8 Å². The maximum atomic E-state index is 12.0. The molecule has 2 amide bonds. The molecule has 130 valence electrons. The number of amides is 2. The smallest absolute Gasteiger partial charge is 0.331 e. The van der Waals surface area contributed by atoms with E-state index in [1.165, 1.54) is 19.3 Å². The Morgan fingerprint density at radius 2 is 1.96 bits per heavy atom. The maximum absolute atomic E-state index is 12.0. The molecule has 0 saturated heterocycles. The van der Waals surface area contributed by atoms with Crippen LogP contribution >= 0.6 is 15.9 Å². The zero-order valence-corrected chi connectivity index (χ0v) is 14.7. The van der Waals surface area contributed by atoms with Gasteiger partial charge in [-0.15, -0.1) is 0 Å². The normalized spacial score (nSPS) is 10.5. The van der Waals surface area contributed by atoms with Gasteiger partial charge >= 0.3 is 5.97 Å². The van der Waals surface area contributed by atoms with Gasteiger partial charge in [-0.25, -0.2) is 4.79 Å². The first kappa shape index (κ1) is 18.5. The van der Waals surface area contributed by atoms with Crippen LogP contribution in [0.4, 0.5) is 0 Å². The Labute approximate surface area is 151 Å². The zero-order chi connectivity index (χ0) is 18.2. The van der Waals surface area contributed by atoms with E-state index in [1.807, 2.05) is 0 Å². The van der Waals surface area contributed by atoms with Crippen molar-refractivity contribution in [2.75, 3.05) is 13.7 Å². The number of ether oxygens (including phenoxy) is 2. The number of imide groups is 1. The van der Waals surface area contributed by atoms with Crippen molar-refractivity contribution in [3.05, 3.63) is 58.5 Å². The third kappa shape index (κ3) is 5.61. The molecule has 0 saturated carbocycles. The van der Waals surface area contributed by atoms with Crippen LogP contribution in [0.15, 0.2) is 51.6 Å². The summed E-state index contributed by atoms with van der Waals surface area (Å²) < 4.78 is 15.5.